The van der Waals surface area contributed by atoms with E-state index in [4.69, 9.17) is 0 Å². The molecule has 126 valence electrons. The number of nitro benzene ring substituents is 1. The van der Waals surface area contributed by atoms with Gasteiger partial charge in [-0.25, -0.2) is 8.42 Å². The van der Waals surface area contributed by atoms with Crippen molar-refractivity contribution < 1.29 is 18.1 Å². The van der Waals surface area contributed by atoms with E-state index in [1.54, 1.807) is 11.9 Å². The summed E-state index contributed by atoms with van der Waals surface area (Å²) in [5.74, 6) is -0.378. The molecule has 0 saturated carbocycles. The van der Waals surface area contributed by atoms with Crippen LogP contribution in [0, 0.1) is 10.1 Å². The second-order valence-corrected chi connectivity index (χ2v) is 7.61. The first-order chi connectivity index (χ1) is 10.7. The maximum Gasteiger partial charge on any atom is 0.271 e. The van der Waals surface area contributed by atoms with Crippen LogP contribution in [0.15, 0.2) is 23.1 Å². The van der Waals surface area contributed by atoms with Gasteiger partial charge in [-0.2, -0.15) is 0 Å². The smallest absolute Gasteiger partial charge is 0.271 e. The van der Waals surface area contributed by atoms with Crippen molar-refractivity contribution in [3.05, 3.63) is 33.9 Å². The molecular formula is C14H19N3O5S. The van der Waals surface area contributed by atoms with Crippen molar-refractivity contribution in [1.82, 2.24) is 10.2 Å². The lowest BCUT2D eigenvalue weighted by Gasteiger charge is -2.24. The van der Waals surface area contributed by atoms with Gasteiger partial charge in [0.25, 0.3) is 11.6 Å². The highest BCUT2D eigenvalue weighted by Crippen LogP contribution is 2.25. The van der Waals surface area contributed by atoms with Gasteiger partial charge in [-0.15, -0.1) is 0 Å². The Hall–Kier alpha value is -2.00. The minimum Gasteiger partial charge on any atom is -0.334 e. The van der Waals surface area contributed by atoms with Gasteiger partial charge in [0.1, 0.15) is 0 Å². The van der Waals surface area contributed by atoms with E-state index in [0.29, 0.717) is 13.1 Å². The molecule has 23 heavy (non-hydrogen) atoms. The number of nitrogens with zero attached hydrogens (tertiary/aromatic N) is 2. The van der Waals surface area contributed by atoms with E-state index in [9.17, 15) is 23.3 Å². The van der Waals surface area contributed by atoms with Crippen molar-refractivity contribution in [2.24, 2.45) is 0 Å². The first-order valence-electron chi connectivity index (χ1n) is 7.19. The van der Waals surface area contributed by atoms with Gasteiger partial charge in [0.05, 0.1) is 9.82 Å². The summed E-state index contributed by atoms with van der Waals surface area (Å²) in [5.41, 5.74) is -0.372. The normalized spacial score (nSPS) is 18.2. The number of amides is 1. The van der Waals surface area contributed by atoms with E-state index in [1.807, 2.05) is 0 Å². The molecule has 0 aromatic heterocycles. The lowest BCUT2D eigenvalue weighted by Crippen LogP contribution is -2.40. The minimum atomic E-state index is -3.65. The molecule has 2 rings (SSSR count). The number of hydrogen-bond acceptors (Lipinski definition) is 6. The zero-order valence-electron chi connectivity index (χ0n) is 13.0. The number of benzene rings is 1. The van der Waals surface area contributed by atoms with Crippen LogP contribution >= 0.6 is 0 Å². The summed E-state index contributed by atoms with van der Waals surface area (Å²) in [6.45, 7) is 1.18. The van der Waals surface area contributed by atoms with Gasteiger partial charge in [-0.3, -0.25) is 14.9 Å². The van der Waals surface area contributed by atoms with Gasteiger partial charge in [-0.05, 0) is 26.0 Å². The maximum atomic E-state index is 12.7. The third-order valence-electron chi connectivity index (χ3n) is 3.85. The van der Waals surface area contributed by atoms with Gasteiger partial charge >= 0.3 is 0 Å². The van der Waals surface area contributed by atoms with Crippen LogP contribution < -0.4 is 5.32 Å². The van der Waals surface area contributed by atoms with Gasteiger partial charge < -0.3 is 10.2 Å². The summed E-state index contributed by atoms with van der Waals surface area (Å²) in [6, 6.07) is 3.32. The van der Waals surface area contributed by atoms with E-state index >= 15 is 0 Å². The lowest BCUT2D eigenvalue weighted by molar-refractivity contribution is -0.385. The molecule has 1 unspecified atom stereocenters. The molecule has 9 heteroatoms. The van der Waals surface area contributed by atoms with Gasteiger partial charge in [0, 0.05) is 43.1 Å². The molecule has 1 atom stereocenters. The Morgan fingerprint density at radius 3 is 2.70 bits per heavy atom. The van der Waals surface area contributed by atoms with Crippen LogP contribution in [0.4, 0.5) is 5.69 Å². The molecule has 1 aliphatic heterocycles. The number of carbonyl (C=O) groups is 1. The quantitative estimate of drug-likeness (QED) is 0.627. The number of nitrogens with one attached hydrogen (secondary N) is 1. The number of non-ortho nitro benzene ring substituents is 1. The number of rotatable bonds is 5. The van der Waals surface area contributed by atoms with Crippen LogP contribution in [-0.2, 0) is 9.84 Å². The SMILES string of the molecule is CNCC1CCCN1C(=O)c1cc([N+](=O)[O-])cc(S(C)(=O)=O)c1. The van der Waals surface area contributed by atoms with Crippen LogP contribution in [0.3, 0.4) is 0 Å². The molecule has 8 nitrogen and oxygen atoms in total. The minimum absolute atomic E-state index is 0.00782. The monoisotopic (exact) mass is 341 g/mol. The summed E-state index contributed by atoms with van der Waals surface area (Å²) in [7, 11) is -1.86. The summed E-state index contributed by atoms with van der Waals surface area (Å²) in [6.07, 6.45) is 2.66. The second-order valence-electron chi connectivity index (χ2n) is 5.60. The third kappa shape index (κ3) is 3.85. The van der Waals surface area contributed by atoms with Crippen molar-refractivity contribution in [2.45, 2.75) is 23.8 Å². The lowest BCUT2D eigenvalue weighted by atomic mass is 10.1. The van der Waals surface area contributed by atoms with Crippen molar-refractivity contribution in [1.29, 1.82) is 0 Å². The average Bonchev–Trinajstić information content (AvgIpc) is 2.93. The van der Waals surface area contributed by atoms with E-state index in [-0.39, 0.29) is 22.4 Å². The summed E-state index contributed by atoms with van der Waals surface area (Å²) >= 11 is 0. The fraction of sp³-hybridized carbons (Fsp3) is 0.500. The molecule has 1 saturated heterocycles. The Morgan fingerprint density at radius 2 is 2.13 bits per heavy atom. The van der Waals surface area contributed by atoms with Gasteiger partial charge in [0.15, 0.2) is 9.84 Å². The fourth-order valence-corrected chi connectivity index (χ4v) is 3.42. The molecule has 0 aliphatic carbocycles. The first-order valence-corrected chi connectivity index (χ1v) is 9.08. The highest BCUT2D eigenvalue weighted by atomic mass is 32.2. The van der Waals surface area contributed by atoms with Gasteiger partial charge in [-0.1, -0.05) is 0 Å². The van der Waals surface area contributed by atoms with Crippen LogP contribution in [0.2, 0.25) is 0 Å². The topological polar surface area (TPSA) is 110 Å². The van der Waals surface area contributed by atoms with Crippen molar-refractivity contribution in [3.63, 3.8) is 0 Å². The van der Waals surface area contributed by atoms with Crippen molar-refractivity contribution in [2.75, 3.05) is 26.4 Å². The zero-order chi connectivity index (χ0) is 17.2. The van der Waals surface area contributed by atoms with Crippen LogP contribution in [-0.4, -0.2) is 56.6 Å². The second kappa shape index (κ2) is 6.63. The molecule has 1 amide bonds. The molecule has 1 heterocycles. The van der Waals surface area contributed by atoms with E-state index in [0.717, 1.165) is 31.2 Å². The number of carbonyl (C=O) groups excluding carboxylic acids is 1. The standard InChI is InChI=1S/C14H19N3O5S/c1-15-9-11-4-3-5-16(11)14(18)10-6-12(17(19)20)8-13(7-10)23(2,21)22/h6-8,11,15H,3-5,9H2,1-2H3. The predicted molar refractivity (Wildman–Crippen MR) is 84.2 cm³/mol. The van der Waals surface area contributed by atoms with E-state index < -0.39 is 20.4 Å². The van der Waals surface area contributed by atoms with Crippen molar-refractivity contribution >= 4 is 21.4 Å². The van der Waals surface area contributed by atoms with Crippen LogP contribution in [0.1, 0.15) is 23.2 Å². The number of hydrogen-bond donors (Lipinski definition) is 1. The predicted octanol–water partition coefficient (Wildman–Crippen LogP) is 0.822. The molecule has 0 radical (unpaired) electrons. The molecule has 1 aliphatic rings. The molecule has 1 aromatic carbocycles. The largest absolute Gasteiger partial charge is 0.334 e. The van der Waals surface area contributed by atoms with E-state index in [1.165, 1.54) is 6.07 Å². The third-order valence-corrected chi connectivity index (χ3v) is 4.95. The Balaban J connectivity index is 2.43. The van der Waals surface area contributed by atoms with Crippen molar-refractivity contribution in [3.8, 4) is 0 Å². The molecule has 1 fully saturated rings. The number of sulfone groups is 1. The molecule has 0 bridgehead atoms. The Bertz CT molecular complexity index is 732. The highest BCUT2D eigenvalue weighted by molar-refractivity contribution is 7.90. The number of nitro groups is 1. The number of likely N-dealkylation sites (tertiary alicyclic amines) is 1. The van der Waals surface area contributed by atoms with Crippen LogP contribution in [0.5, 0.6) is 0 Å². The van der Waals surface area contributed by atoms with Gasteiger partial charge in [0.2, 0.25) is 0 Å². The summed E-state index contributed by atoms with van der Waals surface area (Å²) in [5, 5.41) is 14.0. The first kappa shape index (κ1) is 17.4. The molecule has 0 spiro atoms. The summed E-state index contributed by atoms with van der Waals surface area (Å²) in [4.78, 5) is 24.4. The van der Waals surface area contributed by atoms with E-state index in [2.05, 4.69) is 5.32 Å². The molecule has 1 N–H and O–H groups in total. The van der Waals surface area contributed by atoms with Crippen LogP contribution in [0.25, 0.3) is 0 Å². The zero-order valence-corrected chi connectivity index (χ0v) is 13.8. The molecular weight excluding hydrogens is 322 g/mol. The maximum absolute atomic E-state index is 12.7. The molecule has 1 aromatic rings. The number of likely N-dealkylation sites (N-methyl/N-ethyl adjacent to an activating group) is 1. The highest BCUT2D eigenvalue weighted by Gasteiger charge is 2.30. The average molecular weight is 341 g/mol. The Kier molecular flexibility index (Phi) is 5.00. The fourth-order valence-electron chi connectivity index (χ4n) is 2.74. The Morgan fingerprint density at radius 1 is 1.43 bits per heavy atom. The Labute approximate surface area is 134 Å². The summed E-state index contributed by atoms with van der Waals surface area (Å²) < 4.78 is 23.4.